The fraction of sp³-hybridized carbons (Fsp3) is 0.500. The summed E-state index contributed by atoms with van der Waals surface area (Å²) in [5.41, 5.74) is 2.30. The molecule has 1 saturated heterocycles. The molecule has 0 N–H and O–H groups in total. The lowest BCUT2D eigenvalue weighted by Crippen LogP contribution is -2.26. The molecule has 0 spiro atoms. The van der Waals surface area contributed by atoms with Gasteiger partial charge in [0.15, 0.2) is 11.5 Å². The first kappa shape index (κ1) is 21.7. The molecule has 1 heterocycles. The summed E-state index contributed by atoms with van der Waals surface area (Å²) in [5, 5.41) is 0. The molecule has 2 fully saturated rings. The van der Waals surface area contributed by atoms with Gasteiger partial charge in [-0.2, -0.15) is 0 Å². The number of hydrogen-bond donors (Lipinski definition) is 0. The number of carbonyl (C=O) groups excluding carboxylic acids is 1. The van der Waals surface area contributed by atoms with Gasteiger partial charge in [0.2, 0.25) is 0 Å². The summed E-state index contributed by atoms with van der Waals surface area (Å²) in [5.74, 6) is 1.84. The van der Waals surface area contributed by atoms with Gasteiger partial charge in [-0.1, -0.05) is 49.2 Å². The molecule has 3 atom stereocenters. The van der Waals surface area contributed by atoms with Gasteiger partial charge in [-0.25, -0.2) is 0 Å². The Morgan fingerprint density at radius 1 is 1.00 bits per heavy atom. The summed E-state index contributed by atoms with van der Waals surface area (Å²) in [7, 11) is 3.29. The summed E-state index contributed by atoms with van der Waals surface area (Å²) >= 11 is 0. The number of carbonyl (C=O) groups is 1. The monoisotopic (exact) mass is 424 g/mol. The smallest absolute Gasteiger partial charge is 0.308 e. The van der Waals surface area contributed by atoms with Crippen molar-refractivity contribution in [1.29, 1.82) is 0 Å². The van der Waals surface area contributed by atoms with Crippen molar-refractivity contribution >= 4 is 5.97 Å². The van der Waals surface area contributed by atoms with Crippen molar-refractivity contribution in [2.45, 2.75) is 38.2 Å². The normalized spacial score (nSPS) is 23.6. The molecule has 31 heavy (non-hydrogen) atoms. The highest BCUT2D eigenvalue weighted by Gasteiger charge is 2.39. The zero-order valence-corrected chi connectivity index (χ0v) is 18.4. The molecule has 4 rings (SSSR count). The first-order valence-corrected chi connectivity index (χ1v) is 11.2. The average Bonchev–Trinajstić information content (AvgIpc) is 3.48. The molecule has 2 aromatic rings. The summed E-state index contributed by atoms with van der Waals surface area (Å²) in [4.78, 5) is 12.6. The summed E-state index contributed by atoms with van der Waals surface area (Å²) < 4.78 is 22.9. The van der Waals surface area contributed by atoms with E-state index in [1.54, 1.807) is 14.2 Å². The van der Waals surface area contributed by atoms with Crippen LogP contribution < -0.4 is 9.47 Å². The molecule has 5 nitrogen and oxygen atoms in total. The minimum Gasteiger partial charge on any atom is -0.493 e. The third kappa shape index (κ3) is 5.04. The molecule has 0 radical (unpaired) electrons. The van der Waals surface area contributed by atoms with Gasteiger partial charge < -0.3 is 18.9 Å². The van der Waals surface area contributed by atoms with Gasteiger partial charge in [-0.05, 0) is 48.4 Å². The van der Waals surface area contributed by atoms with Crippen molar-refractivity contribution < 1.29 is 23.7 Å². The van der Waals surface area contributed by atoms with E-state index in [0.717, 1.165) is 54.7 Å². The van der Waals surface area contributed by atoms with E-state index in [9.17, 15) is 4.79 Å². The Hall–Kier alpha value is -2.53. The van der Waals surface area contributed by atoms with Gasteiger partial charge in [0, 0.05) is 5.92 Å². The number of methoxy groups -OCH3 is 2. The van der Waals surface area contributed by atoms with E-state index in [0.29, 0.717) is 13.2 Å². The van der Waals surface area contributed by atoms with Gasteiger partial charge >= 0.3 is 5.97 Å². The minimum absolute atomic E-state index is 0.0407. The van der Waals surface area contributed by atoms with Crippen LogP contribution in [0, 0.1) is 17.8 Å². The third-order valence-corrected chi connectivity index (χ3v) is 6.66. The van der Waals surface area contributed by atoms with Gasteiger partial charge in [-0.15, -0.1) is 0 Å². The third-order valence-electron chi connectivity index (χ3n) is 6.66. The second kappa shape index (κ2) is 10.2. The second-order valence-electron chi connectivity index (χ2n) is 8.59. The highest BCUT2D eigenvalue weighted by atomic mass is 16.5. The topological polar surface area (TPSA) is 54.0 Å². The predicted molar refractivity (Wildman–Crippen MR) is 118 cm³/mol. The zero-order valence-electron chi connectivity index (χ0n) is 18.4. The Labute approximate surface area is 184 Å². The Bertz CT molecular complexity index is 859. The van der Waals surface area contributed by atoms with E-state index in [1.807, 2.05) is 30.3 Å². The molecule has 1 aliphatic heterocycles. The molecule has 5 heteroatoms. The van der Waals surface area contributed by atoms with Crippen molar-refractivity contribution in [2.24, 2.45) is 17.8 Å². The van der Waals surface area contributed by atoms with Crippen LogP contribution in [0.3, 0.4) is 0 Å². The molecule has 1 saturated carbocycles. The van der Waals surface area contributed by atoms with Gasteiger partial charge in [-0.3, -0.25) is 4.79 Å². The predicted octanol–water partition coefficient (Wildman–Crippen LogP) is 4.98. The maximum atomic E-state index is 12.6. The SMILES string of the molecule is COc1ccc(C[C@H]2CO[C@H](c3ccccc3)[C@H]2COC(=O)C2CCCC2)cc1OC. The number of esters is 1. The molecule has 2 aromatic carbocycles. The first-order chi connectivity index (χ1) is 15.2. The van der Waals surface area contributed by atoms with Crippen LogP contribution in [0.15, 0.2) is 48.5 Å². The van der Waals surface area contributed by atoms with E-state index >= 15 is 0 Å². The highest BCUT2D eigenvalue weighted by Crippen LogP contribution is 2.41. The van der Waals surface area contributed by atoms with Crippen molar-refractivity contribution in [3.63, 3.8) is 0 Å². The molecule has 0 bridgehead atoms. The van der Waals surface area contributed by atoms with Crippen molar-refractivity contribution in [3.8, 4) is 11.5 Å². The molecule has 0 unspecified atom stereocenters. The van der Waals surface area contributed by atoms with Crippen LogP contribution in [0.2, 0.25) is 0 Å². The van der Waals surface area contributed by atoms with Crippen LogP contribution in [-0.2, 0) is 20.7 Å². The Balaban J connectivity index is 1.50. The molecule has 0 amide bonds. The standard InChI is InChI=1S/C26H32O5/c1-28-23-13-12-18(15-24(23)29-2)14-21-16-30-25(19-8-4-3-5-9-19)22(21)17-31-26(27)20-10-6-7-11-20/h3-5,8-9,12-13,15,20-22,25H,6-7,10-11,14,16-17H2,1-2H3/t21-,22-,25+/m0/s1. The first-order valence-electron chi connectivity index (χ1n) is 11.2. The summed E-state index contributed by atoms with van der Waals surface area (Å²) in [6, 6.07) is 16.3. The van der Waals surface area contributed by atoms with Crippen LogP contribution in [-0.4, -0.2) is 33.4 Å². The van der Waals surface area contributed by atoms with Crippen LogP contribution in [0.5, 0.6) is 11.5 Å². The van der Waals surface area contributed by atoms with Crippen LogP contribution in [0.25, 0.3) is 0 Å². The number of rotatable bonds is 8. The van der Waals surface area contributed by atoms with E-state index in [4.69, 9.17) is 18.9 Å². The fourth-order valence-corrected chi connectivity index (χ4v) is 4.91. The second-order valence-corrected chi connectivity index (χ2v) is 8.59. The molecule has 1 aliphatic carbocycles. The van der Waals surface area contributed by atoms with E-state index in [2.05, 4.69) is 18.2 Å². The lowest BCUT2D eigenvalue weighted by molar-refractivity contribution is -0.150. The summed E-state index contributed by atoms with van der Waals surface area (Å²) in [6.45, 7) is 1.03. The van der Waals surface area contributed by atoms with Gasteiger partial charge in [0.05, 0.1) is 39.5 Å². The minimum atomic E-state index is -0.0669. The van der Waals surface area contributed by atoms with Crippen LogP contribution >= 0.6 is 0 Å². The molecular formula is C26H32O5. The van der Waals surface area contributed by atoms with Crippen molar-refractivity contribution in [2.75, 3.05) is 27.4 Å². The fourth-order valence-electron chi connectivity index (χ4n) is 4.91. The van der Waals surface area contributed by atoms with E-state index < -0.39 is 0 Å². The largest absolute Gasteiger partial charge is 0.493 e. The number of hydrogen-bond acceptors (Lipinski definition) is 5. The van der Waals surface area contributed by atoms with Crippen molar-refractivity contribution in [3.05, 3.63) is 59.7 Å². The van der Waals surface area contributed by atoms with Gasteiger partial charge in [0.25, 0.3) is 0 Å². The summed E-state index contributed by atoms with van der Waals surface area (Å²) in [6.07, 6.45) is 4.92. The maximum absolute atomic E-state index is 12.6. The lowest BCUT2D eigenvalue weighted by Gasteiger charge is -2.24. The zero-order chi connectivity index (χ0) is 21.6. The molecule has 166 valence electrons. The van der Waals surface area contributed by atoms with E-state index in [1.165, 1.54) is 0 Å². The molecular weight excluding hydrogens is 392 g/mol. The molecule has 0 aromatic heterocycles. The maximum Gasteiger partial charge on any atom is 0.308 e. The van der Waals surface area contributed by atoms with Gasteiger partial charge in [0.1, 0.15) is 0 Å². The Morgan fingerprint density at radius 2 is 1.74 bits per heavy atom. The van der Waals surface area contributed by atoms with Crippen molar-refractivity contribution in [1.82, 2.24) is 0 Å². The van der Waals surface area contributed by atoms with Crippen LogP contribution in [0.4, 0.5) is 0 Å². The number of benzene rings is 2. The average molecular weight is 425 g/mol. The Kier molecular flexibility index (Phi) is 7.13. The van der Waals surface area contributed by atoms with Crippen LogP contribution in [0.1, 0.15) is 42.9 Å². The quantitative estimate of drug-likeness (QED) is 0.559. The lowest BCUT2D eigenvalue weighted by atomic mass is 9.84. The highest BCUT2D eigenvalue weighted by molar-refractivity contribution is 5.72. The molecule has 2 aliphatic rings. The Morgan fingerprint density at radius 3 is 2.45 bits per heavy atom. The number of ether oxygens (including phenoxy) is 4. The van der Waals surface area contributed by atoms with E-state index in [-0.39, 0.29) is 29.8 Å².